The van der Waals surface area contributed by atoms with Crippen LogP contribution in [0.5, 0.6) is 5.75 Å². The van der Waals surface area contributed by atoms with Gasteiger partial charge in [-0.3, -0.25) is 4.79 Å². The summed E-state index contributed by atoms with van der Waals surface area (Å²) in [5.41, 5.74) is 1.98. The number of hydrogen-bond donors (Lipinski definition) is 2. The molecule has 2 aromatic rings. The van der Waals surface area contributed by atoms with Gasteiger partial charge < -0.3 is 15.4 Å². The van der Waals surface area contributed by atoms with Gasteiger partial charge in [0.15, 0.2) is 0 Å². The Labute approximate surface area is 144 Å². The monoisotopic (exact) mass is 326 g/mol. The van der Waals surface area contributed by atoms with Crippen LogP contribution in [0.25, 0.3) is 0 Å². The van der Waals surface area contributed by atoms with E-state index >= 15 is 0 Å². The van der Waals surface area contributed by atoms with Gasteiger partial charge in [-0.2, -0.15) is 0 Å². The summed E-state index contributed by atoms with van der Waals surface area (Å²) in [7, 11) is 0. The van der Waals surface area contributed by atoms with Crippen molar-refractivity contribution in [2.24, 2.45) is 0 Å². The van der Waals surface area contributed by atoms with Crippen LogP contribution in [0.15, 0.2) is 54.6 Å². The van der Waals surface area contributed by atoms with E-state index in [9.17, 15) is 4.79 Å². The van der Waals surface area contributed by atoms with Crippen molar-refractivity contribution in [3.63, 3.8) is 0 Å². The second-order valence-electron chi connectivity index (χ2n) is 5.67. The first kappa shape index (κ1) is 18.0. The molecule has 0 aliphatic heterocycles. The predicted octanol–water partition coefficient (Wildman–Crippen LogP) is 4.15. The van der Waals surface area contributed by atoms with Crippen LogP contribution in [0.2, 0.25) is 0 Å². The maximum Gasteiger partial charge on any atom is 0.238 e. The molecule has 0 saturated heterocycles. The van der Waals surface area contributed by atoms with Crippen molar-refractivity contribution < 1.29 is 9.53 Å². The molecule has 0 bridgehead atoms. The van der Waals surface area contributed by atoms with Gasteiger partial charge in [0.05, 0.1) is 13.2 Å². The highest BCUT2D eigenvalue weighted by Crippen LogP contribution is 2.17. The van der Waals surface area contributed by atoms with Crippen molar-refractivity contribution in [3.8, 4) is 5.75 Å². The molecule has 1 atom stereocenters. The van der Waals surface area contributed by atoms with Crippen LogP contribution in [0.4, 0.5) is 5.69 Å². The number of ether oxygens (including phenoxy) is 1. The minimum absolute atomic E-state index is 0.0494. The predicted molar refractivity (Wildman–Crippen MR) is 98.3 cm³/mol. The molecule has 128 valence electrons. The van der Waals surface area contributed by atoms with E-state index in [1.165, 1.54) is 5.56 Å². The third-order valence-corrected chi connectivity index (χ3v) is 3.73. The SMILES string of the molecule is CCCOc1ccc(NC(=O)CNC(CC)c2ccccc2)cc1. The highest BCUT2D eigenvalue weighted by molar-refractivity contribution is 5.92. The summed E-state index contributed by atoms with van der Waals surface area (Å²) in [6.07, 6.45) is 1.91. The number of carbonyl (C=O) groups is 1. The van der Waals surface area contributed by atoms with Crippen LogP contribution in [0.3, 0.4) is 0 Å². The summed E-state index contributed by atoms with van der Waals surface area (Å²) in [6.45, 7) is 5.16. The van der Waals surface area contributed by atoms with Gasteiger partial charge >= 0.3 is 0 Å². The van der Waals surface area contributed by atoms with Gasteiger partial charge in [-0.25, -0.2) is 0 Å². The molecule has 4 nitrogen and oxygen atoms in total. The third kappa shape index (κ3) is 5.70. The first-order valence-electron chi connectivity index (χ1n) is 8.54. The minimum Gasteiger partial charge on any atom is -0.494 e. The quantitative estimate of drug-likeness (QED) is 0.727. The zero-order valence-electron chi connectivity index (χ0n) is 14.4. The molecule has 24 heavy (non-hydrogen) atoms. The number of anilines is 1. The molecule has 0 aliphatic rings. The highest BCUT2D eigenvalue weighted by atomic mass is 16.5. The number of carbonyl (C=O) groups excluding carboxylic acids is 1. The molecule has 0 aromatic heterocycles. The fraction of sp³-hybridized carbons (Fsp3) is 0.350. The third-order valence-electron chi connectivity index (χ3n) is 3.73. The summed E-state index contributed by atoms with van der Waals surface area (Å²) in [5, 5.41) is 6.21. The zero-order valence-corrected chi connectivity index (χ0v) is 14.4. The van der Waals surface area contributed by atoms with Crippen LogP contribution >= 0.6 is 0 Å². The van der Waals surface area contributed by atoms with Crippen LogP contribution in [-0.2, 0) is 4.79 Å². The van der Waals surface area contributed by atoms with E-state index in [0.29, 0.717) is 6.61 Å². The Balaban J connectivity index is 1.82. The molecule has 1 amide bonds. The lowest BCUT2D eigenvalue weighted by molar-refractivity contribution is -0.115. The van der Waals surface area contributed by atoms with E-state index in [1.54, 1.807) is 0 Å². The molecule has 0 aliphatic carbocycles. The number of amides is 1. The van der Waals surface area contributed by atoms with Crippen LogP contribution in [0.1, 0.15) is 38.3 Å². The summed E-state index contributed by atoms with van der Waals surface area (Å²) in [4.78, 5) is 12.1. The Hall–Kier alpha value is -2.33. The van der Waals surface area contributed by atoms with Crippen molar-refractivity contribution in [2.75, 3.05) is 18.5 Å². The molecule has 2 rings (SSSR count). The normalized spacial score (nSPS) is 11.8. The Morgan fingerprint density at radius 1 is 1.04 bits per heavy atom. The molecule has 0 radical (unpaired) electrons. The number of benzene rings is 2. The van der Waals surface area contributed by atoms with Crippen molar-refractivity contribution in [1.82, 2.24) is 5.32 Å². The summed E-state index contributed by atoms with van der Waals surface area (Å²) < 4.78 is 5.53. The van der Waals surface area contributed by atoms with Crippen molar-refractivity contribution in [2.45, 2.75) is 32.7 Å². The maximum atomic E-state index is 12.1. The maximum absolute atomic E-state index is 12.1. The van der Waals surface area contributed by atoms with Crippen LogP contribution in [-0.4, -0.2) is 19.1 Å². The molecule has 0 heterocycles. The topological polar surface area (TPSA) is 50.4 Å². The van der Waals surface area contributed by atoms with Gasteiger partial charge in [0.25, 0.3) is 0 Å². The molecule has 0 fully saturated rings. The summed E-state index contributed by atoms with van der Waals surface area (Å²) in [6, 6.07) is 17.8. The van der Waals surface area contributed by atoms with Gasteiger partial charge in [-0.05, 0) is 42.7 Å². The smallest absolute Gasteiger partial charge is 0.238 e. The lowest BCUT2D eigenvalue weighted by Gasteiger charge is -2.17. The van der Waals surface area contributed by atoms with E-state index in [4.69, 9.17) is 4.74 Å². The van der Waals surface area contributed by atoms with E-state index in [1.807, 2.05) is 42.5 Å². The van der Waals surface area contributed by atoms with Gasteiger partial charge in [0.1, 0.15) is 5.75 Å². The van der Waals surface area contributed by atoms with Crippen molar-refractivity contribution in [3.05, 3.63) is 60.2 Å². The molecule has 2 aromatic carbocycles. The van der Waals surface area contributed by atoms with Crippen molar-refractivity contribution in [1.29, 1.82) is 0 Å². The average molecular weight is 326 g/mol. The lowest BCUT2D eigenvalue weighted by Crippen LogP contribution is -2.31. The largest absolute Gasteiger partial charge is 0.494 e. The average Bonchev–Trinajstić information content (AvgIpc) is 2.62. The molecule has 0 spiro atoms. The minimum atomic E-state index is -0.0494. The summed E-state index contributed by atoms with van der Waals surface area (Å²) in [5.74, 6) is 0.773. The molecular formula is C20H26N2O2. The standard InChI is InChI=1S/C20H26N2O2/c1-3-14-24-18-12-10-17(11-13-18)22-20(23)15-21-19(4-2)16-8-6-5-7-9-16/h5-13,19,21H,3-4,14-15H2,1-2H3,(H,22,23). The number of rotatable bonds is 9. The first-order chi connectivity index (χ1) is 11.7. The van der Waals surface area contributed by atoms with Crippen LogP contribution in [0, 0.1) is 0 Å². The molecule has 0 saturated carbocycles. The summed E-state index contributed by atoms with van der Waals surface area (Å²) >= 11 is 0. The second kappa shape index (κ2) is 9.73. The van der Waals surface area contributed by atoms with E-state index in [2.05, 4.69) is 36.6 Å². The lowest BCUT2D eigenvalue weighted by atomic mass is 10.0. The Bertz CT molecular complexity index is 611. The fourth-order valence-corrected chi connectivity index (χ4v) is 2.46. The molecule has 1 unspecified atom stereocenters. The zero-order chi connectivity index (χ0) is 17.2. The van der Waals surface area contributed by atoms with Crippen LogP contribution < -0.4 is 15.4 Å². The molecule has 2 N–H and O–H groups in total. The Morgan fingerprint density at radius 2 is 1.75 bits per heavy atom. The first-order valence-corrected chi connectivity index (χ1v) is 8.54. The molecule has 4 heteroatoms. The van der Waals surface area contributed by atoms with Gasteiger partial charge in [0, 0.05) is 11.7 Å². The second-order valence-corrected chi connectivity index (χ2v) is 5.67. The molecular weight excluding hydrogens is 300 g/mol. The van der Waals surface area contributed by atoms with Gasteiger partial charge in [-0.15, -0.1) is 0 Å². The Morgan fingerprint density at radius 3 is 2.38 bits per heavy atom. The van der Waals surface area contributed by atoms with Gasteiger partial charge in [0.2, 0.25) is 5.91 Å². The fourth-order valence-electron chi connectivity index (χ4n) is 2.46. The number of nitrogens with one attached hydrogen (secondary N) is 2. The number of hydrogen-bond acceptors (Lipinski definition) is 3. The van der Waals surface area contributed by atoms with E-state index < -0.39 is 0 Å². The van der Waals surface area contributed by atoms with Gasteiger partial charge in [-0.1, -0.05) is 44.2 Å². The van der Waals surface area contributed by atoms with E-state index in [0.717, 1.165) is 24.3 Å². The Kier molecular flexibility index (Phi) is 7.30. The van der Waals surface area contributed by atoms with E-state index in [-0.39, 0.29) is 18.5 Å². The highest BCUT2D eigenvalue weighted by Gasteiger charge is 2.10. The van der Waals surface area contributed by atoms with Crippen molar-refractivity contribution >= 4 is 11.6 Å².